The van der Waals surface area contributed by atoms with Crippen LogP contribution in [0.5, 0.6) is 0 Å². The Morgan fingerprint density at radius 2 is 1.71 bits per heavy atom. The van der Waals surface area contributed by atoms with Gasteiger partial charge in [-0.25, -0.2) is 14.8 Å². The number of nitrogens with one attached hydrogen (secondary N) is 1. The molecule has 180 valence electrons. The molecule has 34 heavy (non-hydrogen) atoms. The molecule has 4 heterocycles. The number of fused-ring (bicyclic) bond motifs is 1. The van der Waals surface area contributed by atoms with Crippen molar-refractivity contribution in [2.45, 2.75) is 45.6 Å². The van der Waals surface area contributed by atoms with Crippen molar-refractivity contribution < 1.29 is 9.53 Å². The van der Waals surface area contributed by atoms with E-state index < -0.39 is 5.60 Å². The lowest BCUT2D eigenvalue weighted by Gasteiger charge is -2.28. The summed E-state index contributed by atoms with van der Waals surface area (Å²) in [6, 6.07) is 6.17. The van der Waals surface area contributed by atoms with Crippen molar-refractivity contribution in [2.24, 2.45) is 0 Å². The second kappa shape index (κ2) is 9.12. The summed E-state index contributed by atoms with van der Waals surface area (Å²) in [7, 11) is 0. The van der Waals surface area contributed by atoms with Gasteiger partial charge in [0.15, 0.2) is 11.6 Å². The van der Waals surface area contributed by atoms with Gasteiger partial charge in [0, 0.05) is 50.2 Å². The Hall–Kier alpha value is -3.36. The standard InChI is InChI=1S/C25H33N7O2/c1-25(2,3)34-24(33)32-12-6-11-31(13-14-32)23-22(30-9-4-5-10-30)26-17-21(28-23)18-7-8-20-19(15-18)16-27-29-20/h7-8,15-17H,4-6,9-14H2,1-3H3,(H,27,29). The zero-order chi connectivity index (χ0) is 23.7. The van der Waals surface area contributed by atoms with Crippen molar-refractivity contribution in [3.05, 3.63) is 30.6 Å². The van der Waals surface area contributed by atoms with E-state index >= 15 is 0 Å². The van der Waals surface area contributed by atoms with Crippen LogP contribution in [0.25, 0.3) is 22.2 Å². The second-order valence-corrected chi connectivity index (χ2v) is 10.1. The minimum absolute atomic E-state index is 0.248. The third-order valence-corrected chi connectivity index (χ3v) is 6.32. The first kappa shape index (κ1) is 22.4. The maximum absolute atomic E-state index is 12.7. The number of aromatic nitrogens is 4. The van der Waals surface area contributed by atoms with Crippen molar-refractivity contribution in [2.75, 3.05) is 49.1 Å². The zero-order valence-corrected chi connectivity index (χ0v) is 20.3. The number of H-pyrrole nitrogens is 1. The third kappa shape index (κ3) is 4.78. The quantitative estimate of drug-likeness (QED) is 0.626. The molecule has 9 heteroatoms. The molecule has 0 aliphatic carbocycles. The summed E-state index contributed by atoms with van der Waals surface area (Å²) >= 11 is 0. The molecule has 1 N–H and O–H groups in total. The third-order valence-electron chi connectivity index (χ3n) is 6.32. The molecule has 1 amide bonds. The lowest BCUT2D eigenvalue weighted by molar-refractivity contribution is 0.0263. The lowest BCUT2D eigenvalue weighted by atomic mass is 10.1. The molecular weight excluding hydrogens is 430 g/mol. The fourth-order valence-electron chi connectivity index (χ4n) is 4.62. The number of carbonyl (C=O) groups is 1. The van der Waals surface area contributed by atoms with E-state index in [1.54, 1.807) is 0 Å². The van der Waals surface area contributed by atoms with Gasteiger partial charge in [0.05, 0.1) is 23.6 Å². The molecule has 0 spiro atoms. The van der Waals surface area contributed by atoms with Crippen LogP contribution >= 0.6 is 0 Å². The number of amides is 1. The minimum Gasteiger partial charge on any atom is -0.444 e. The summed E-state index contributed by atoms with van der Waals surface area (Å²) in [6.45, 7) is 10.5. The van der Waals surface area contributed by atoms with E-state index in [-0.39, 0.29) is 6.09 Å². The topological polar surface area (TPSA) is 90.5 Å². The number of rotatable bonds is 3. The van der Waals surface area contributed by atoms with Gasteiger partial charge in [-0.2, -0.15) is 5.10 Å². The largest absolute Gasteiger partial charge is 0.444 e. The molecule has 0 atom stereocenters. The van der Waals surface area contributed by atoms with Crippen LogP contribution < -0.4 is 9.80 Å². The first-order valence-electron chi connectivity index (χ1n) is 12.2. The number of nitrogens with zero attached hydrogens (tertiary/aromatic N) is 6. The van der Waals surface area contributed by atoms with Gasteiger partial charge in [0.1, 0.15) is 5.60 Å². The van der Waals surface area contributed by atoms with Crippen LogP contribution in [0.1, 0.15) is 40.0 Å². The highest BCUT2D eigenvalue weighted by atomic mass is 16.6. The first-order valence-corrected chi connectivity index (χ1v) is 12.2. The molecule has 2 aliphatic heterocycles. The number of anilines is 2. The monoisotopic (exact) mass is 463 g/mol. The number of ether oxygens (including phenoxy) is 1. The summed E-state index contributed by atoms with van der Waals surface area (Å²) < 4.78 is 5.61. The van der Waals surface area contributed by atoms with Gasteiger partial charge in [-0.15, -0.1) is 0 Å². The van der Waals surface area contributed by atoms with E-state index in [0.29, 0.717) is 19.6 Å². The molecule has 5 rings (SSSR count). The van der Waals surface area contributed by atoms with Gasteiger partial charge < -0.3 is 19.4 Å². The molecule has 2 saturated heterocycles. The van der Waals surface area contributed by atoms with Crippen molar-refractivity contribution in [1.82, 2.24) is 25.1 Å². The second-order valence-electron chi connectivity index (χ2n) is 10.1. The summed E-state index contributed by atoms with van der Waals surface area (Å²) in [6.07, 6.45) is 6.65. The maximum atomic E-state index is 12.7. The first-order chi connectivity index (χ1) is 16.4. The molecule has 3 aromatic rings. The zero-order valence-electron chi connectivity index (χ0n) is 20.3. The Bertz CT molecular complexity index is 1160. The highest BCUT2D eigenvalue weighted by Crippen LogP contribution is 2.32. The van der Waals surface area contributed by atoms with Crippen LogP contribution in [0.3, 0.4) is 0 Å². The summed E-state index contributed by atoms with van der Waals surface area (Å²) in [4.78, 5) is 29.1. The Morgan fingerprint density at radius 1 is 0.941 bits per heavy atom. The van der Waals surface area contributed by atoms with Gasteiger partial charge in [0.2, 0.25) is 0 Å². The van der Waals surface area contributed by atoms with Gasteiger partial charge in [-0.05, 0) is 52.2 Å². The van der Waals surface area contributed by atoms with Crippen LogP contribution in [0, 0.1) is 0 Å². The molecule has 2 aromatic heterocycles. The number of hydrogen-bond donors (Lipinski definition) is 1. The SMILES string of the molecule is CC(C)(C)OC(=O)N1CCCN(c2nc(-c3ccc4[nH]ncc4c3)cnc2N2CCCC2)CC1. The molecule has 0 unspecified atom stereocenters. The van der Waals surface area contributed by atoms with E-state index in [1.807, 2.05) is 44.1 Å². The molecule has 9 nitrogen and oxygen atoms in total. The average Bonchev–Trinajstić information content (AvgIpc) is 3.44. The highest BCUT2D eigenvalue weighted by Gasteiger charge is 2.28. The van der Waals surface area contributed by atoms with Gasteiger partial charge in [-0.1, -0.05) is 6.07 Å². The molecule has 1 aromatic carbocycles. The van der Waals surface area contributed by atoms with E-state index in [9.17, 15) is 4.79 Å². The Morgan fingerprint density at radius 3 is 2.50 bits per heavy atom. The number of hydrogen-bond acceptors (Lipinski definition) is 7. The summed E-state index contributed by atoms with van der Waals surface area (Å²) in [5.74, 6) is 1.84. The maximum Gasteiger partial charge on any atom is 0.410 e. The average molecular weight is 464 g/mol. The smallest absolute Gasteiger partial charge is 0.410 e. The predicted octanol–water partition coefficient (Wildman–Crippen LogP) is 4.07. The fraction of sp³-hybridized carbons (Fsp3) is 0.520. The molecule has 0 bridgehead atoms. The van der Waals surface area contributed by atoms with Crippen LogP contribution in [-0.2, 0) is 4.74 Å². The summed E-state index contributed by atoms with van der Waals surface area (Å²) in [5.41, 5.74) is 2.36. The Labute approximate surface area is 200 Å². The van der Waals surface area contributed by atoms with Gasteiger partial charge >= 0.3 is 6.09 Å². The molecule has 2 aliphatic rings. The summed E-state index contributed by atoms with van der Waals surface area (Å²) in [5, 5.41) is 8.18. The molecule has 0 radical (unpaired) electrons. The van der Waals surface area contributed by atoms with Crippen molar-refractivity contribution in [1.29, 1.82) is 0 Å². The molecular formula is C25H33N7O2. The van der Waals surface area contributed by atoms with Crippen LogP contribution in [0.2, 0.25) is 0 Å². The lowest BCUT2D eigenvalue weighted by Crippen LogP contribution is -2.39. The number of benzene rings is 1. The Balaban J connectivity index is 1.43. The van der Waals surface area contributed by atoms with Gasteiger partial charge in [-0.3, -0.25) is 5.10 Å². The van der Waals surface area contributed by atoms with Crippen LogP contribution in [-0.4, -0.2) is 76.0 Å². The van der Waals surface area contributed by atoms with Crippen molar-refractivity contribution in [3.8, 4) is 11.3 Å². The fourth-order valence-corrected chi connectivity index (χ4v) is 4.62. The van der Waals surface area contributed by atoms with Crippen molar-refractivity contribution in [3.63, 3.8) is 0 Å². The van der Waals surface area contributed by atoms with Crippen LogP contribution in [0.4, 0.5) is 16.4 Å². The van der Waals surface area contributed by atoms with E-state index in [1.165, 1.54) is 12.8 Å². The van der Waals surface area contributed by atoms with Crippen molar-refractivity contribution >= 4 is 28.6 Å². The van der Waals surface area contributed by atoms with E-state index in [2.05, 4.69) is 32.1 Å². The normalized spacial score (nSPS) is 17.3. The predicted molar refractivity (Wildman–Crippen MR) is 133 cm³/mol. The minimum atomic E-state index is -0.498. The van der Waals surface area contributed by atoms with Crippen LogP contribution in [0.15, 0.2) is 30.6 Å². The van der Waals surface area contributed by atoms with E-state index in [0.717, 1.165) is 59.9 Å². The highest BCUT2D eigenvalue weighted by molar-refractivity contribution is 5.83. The molecule has 0 saturated carbocycles. The number of carbonyl (C=O) groups excluding carboxylic acids is 1. The van der Waals surface area contributed by atoms with Gasteiger partial charge in [0.25, 0.3) is 0 Å². The Kier molecular flexibility index (Phi) is 6.02. The molecule has 2 fully saturated rings. The van der Waals surface area contributed by atoms with E-state index in [4.69, 9.17) is 14.7 Å². The number of aromatic amines is 1.